The second-order valence-electron chi connectivity index (χ2n) is 11.7. The van der Waals surface area contributed by atoms with Gasteiger partial charge >= 0.3 is 5.97 Å². The van der Waals surface area contributed by atoms with Crippen LogP contribution < -0.4 is 4.74 Å². The Hall–Kier alpha value is -1.31. The van der Waals surface area contributed by atoms with Gasteiger partial charge < -0.3 is 4.74 Å². The summed E-state index contributed by atoms with van der Waals surface area (Å²) in [4.78, 5) is 13.4. The minimum absolute atomic E-state index is 0.0410. The summed E-state index contributed by atoms with van der Waals surface area (Å²) in [6.07, 6.45) is 21.7. The molecule has 3 fully saturated rings. The number of carbonyl (C=O) groups excluding carboxylic acids is 1. The molecule has 0 aliphatic heterocycles. The second-order valence-corrected chi connectivity index (χ2v) is 11.7. The monoisotopic (exact) mass is 452 g/mol. The largest absolute Gasteiger partial charge is 0.426 e. The maximum Gasteiger partial charge on any atom is 0.317 e. The molecular formula is C31H48O2. The van der Waals surface area contributed by atoms with Gasteiger partial charge in [0.25, 0.3) is 0 Å². The van der Waals surface area contributed by atoms with Crippen molar-refractivity contribution in [3.63, 3.8) is 0 Å². The summed E-state index contributed by atoms with van der Waals surface area (Å²) in [6, 6.07) is 8.55. The average molecular weight is 453 g/mol. The van der Waals surface area contributed by atoms with Crippen molar-refractivity contribution in [2.24, 2.45) is 23.2 Å². The summed E-state index contributed by atoms with van der Waals surface area (Å²) in [5.74, 6) is 4.17. The Bertz CT molecular complexity index is 714. The summed E-state index contributed by atoms with van der Waals surface area (Å²) in [5.41, 5.74) is 1.18. The fourth-order valence-corrected chi connectivity index (χ4v) is 7.52. The van der Waals surface area contributed by atoms with Crippen molar-refractivity contribution in [1.29, 1.82) is 0 Å². The van der Waals surface area contributed by atoms with E-state index in [1.807, 2.05) is 0 Å². The number of hydrogen-bond acceptors (Lipinski definition) is 2. The zero-order valence-corrected chi connectivity index (χ0v) is 21.5. The van der Waals surface area contributed by atoms with Gasteiger partial charge in [0.1, 0.15) is 5.75 Å². The van der Waals surface area contributed by atoms with Crippen molar-refractivity contribution in [3.05, 3.63) is 29.8 Å². The quantitative estimate of drug-likeness (QED) is 0.290. The lowest BCUT2D eigenvalue weighted by Crippen LogP contribution is -2.39. The molecule has 3 saturated carbocycles. The number of ether oxygens (including phenoxy) is 1. The highest BCUT2D eigenvalue weighted by Crippen LogP contribution is 2.48. The van der Waals surface area contributed by atoms with E-state index in [2.05, 4.69) is 38.1 Å². The molecule has 1 aromatic carbocycles. The first-order valence-electron chi connectivity index (χ1n) is 14.5. The van der Waals surface area contributed by atoms with E-state index in [0.717, 1.165) is 49.2 Å². The van der Waals surface area contributed by atoms with Gasteiger partial charge in [0.15, 0.2) is 0 Å². The first-order chi connectivity index (χ1) is 16.1. The topological polar surface area (TPSA) is 26.3 Å². The van der Waals surface area contributed by atoms with E-state index in [1.54, 1.807) is 0 Å². The fraction of sp³-hybridized carbons (Fsp3) is 0.774. The van der Waals surface area contributed by atoms with Crippen molar-refractivity contribution in [1.82, 2.24) is 0 Å². The zero-order chi connectivity index (χ0) is 23.1. The lowest BCUT2D eigenvalue weighted by atomic mass is 9.64. The molecular weight excluding hydrogens is 404 g/mol. The normalized spacial score (nSPS) is 31.3. The Morgan fingerprint density at radius 2 is 1.45 bits per heavy atom. The van der Waals surface area contributed by atoms with Crippen LogP contribution in [-0.2, 0) is 4.79 Å². The van der Waals surface area contributed by atoms with Crippen molar-refractivity contribution >= 4 is 5.97 Å². The maximum absolute atomic E-state index is 13.4. The molecule has 2 nitrogen and oxygen atoms in total. The Kier molecular flexibility index (Phi) is 8.94. The smallest absolute Gasteiger partial charge is 0.317 e. The van der Waals surface area contributed by atoms with Crippen LogP contribution in [0.15, 0.2) is 24.3 Å². The molecule has 184 valence electrons. The fourth-order valence-electron chi connectivity index (χ4n) is 7.52. The molecule has 0 atom stereocenters. The van der Waals surface area contributed by atoms with Crippen LogP contribution in [0.3, 0.4) is 0 Å². The number of rotatable bonds is 8. The molecule has 1 aromatic rings. The molecule has 4 rings (SSSR count). The van der Waals surface area contributed by atoms with Gasteiger partial charge in [-0.25, -0.2) is 0 Å². The predicted octanol–water partition coefficient (Wildman–Crippen LogP) is 9.22. The third-order valence-electron chi connectivity index (χ3n) is 9.57. The summed E-state index contributed by atoms with van der Waals surface area (Å²) in [7, 11) is 0. The summed E-state index contributed by atoms with van der Waals surface area (Å²) in [6.45, 7) is 4.52. The van der Waals surface area contributed by atoms with Gasteiger partial charge in [-0.3, -0.25) is 4.79 Å². The molecule has 0 saturated heterocycles. The highest BCUT2D eigenvalue weighted by Gasteiger charge is 2.44. The van der Waals surface area contributed by atoms with Crippen LogP contribution >= 0.6 is 0 Å². The minimum atomic E-state index is -0.254. The Morgan fingerprint density at radius 3 is 2.06 bits per heavy atom. The second kappa shape index (κ2) is 11.9. The average Bonchev–Trinajstić information content (AvgIpc) is 2.86. The zero-order valence-electron chi connectivity index (χ0n) is 21.5. The highest BCUT2D eigenvalue weighted by molar-refractivity contribution is 5.79. The molecule has 0 N–H and O–H groups in total. The molecule has 0 bridgehead atoms. The number of esters is 1. The summed E-state index contributed by atoms with van der Waals surface area (Å²) >= 11 is 0. The van der Waals surface area contributed by atoms with Gasteiger partial charge in [-0.1, -0.05) is 77.3 Å². The van der Waals surface area contributed by atoms with Crippen LogP contribution in [0.1, 0.15) is 134 Å². The van der Waals surface area contributed by atoms with Crippen LogP contribution in [0.2, 0.25) is 0 Å². The van der Waals surface area contributed by atoms with Crippen LogP contribution in [0, 0.1) is 23.2 Å². The lowest BCUT2D eigenvalue weighted by molar-refractivity contribution is -0.149. The molecule has 33 heavy (non-hydrogen) atoms. The number of benzene rings is 1. The van der Waals surface area contributed by atoms with Crippen LogP contribution in [0.4, 0.5) is 0 Å². The van der Waals surface area contributed by atoms with Crippen LogP contribution in [0.25, 0.3) is 0 Å². The molecule has 0 spiro atoms. The van der Waals surface area contributed by atoms with E-state index in [-0.39, 0.29) is 11.4 Å². The molecule has 0 radical (unpaired) electrons. The van der Waals surface area contributed by atoms with E-state index >= 15 is 0 Å². The SMILES string of the molecule is CCCC1CCC(c2ccc(OC(=O)C3(CCC)CCC(C4CCCCC4)CC3)cc2)CC1. The standard InChI is InChI=1S/C31H48O2/c1-3-8-24-11-13-26(14-12-24)27-15-17-29(18-16-27)33-30(32)31(21-4-2)22-19-28(20-23-31)25-9-6-5-7-10-25/h15-18,24-26,28H,3-14,19-23H2,1-2H3. The molecule has 0 aromatic heterocycles. The summed E-state index contributed by atoms with van der Waals surface area (Å²) < 4.78 is 6.04. The summed E-state index contributed by atoms with van der Waals surface area (Å²) in [5, 5.41) is 0. The van der Waals surface area contributed by atoms with Crippen molar-refractivity contribution < 1.29 is 9.53 Å². The van der Waals surface area contributed by atoms with E-state index < -0.39 is 0 Å². The molecule has 0 heterocycles. The van der Waals surface area contributed by atoms with Gasteiger partial charge in [-0.15, -0.1) is 0 Å². The molecule has 0 unspecified atom stereocenters. The van der Waals surface area contributed by atoms with Gasteiger partial charge in [0, 0.05) is 0 Å². The molecule has 3 aliphatic rings. The molecule has 2 heteroatoms. The third kappa shape index (κ3) is 6.23. The number of carbonyl (C=O) groups is 1. The van der Waals surface area contributed by atoms with E-state index in [4.69, 9.17) is 4.74 Å². The Balaban J connectivity index is 1.32. The Labute approximate surface area is 203 Å². The van der Waals surface area contributed by atoms with Gasteiger partial charge in [-0.2, -0.15) is 0 Å². The molecule has 0 amide bonds. The van der Waals surface area contributed by atoms with Crippen molar-refractivity contribution in [2.75, 3.05) is 0 Å². The number of hydrogen-bond donors (Lipinski definition) is 0. The van der Waals surface area contributed by atoms with Crippen LogP contribution in [0.5, 0.6) is 5.75 Å². The van der Waals surface area contributed by atoms with Gasteiger partial charge in [0.05, 0.1) is 5.41 Å². The maximum atomic E-state index is 13.4. The van der Waals surface area contributed by atoms with Crippen LogP contribution in [-0.4, -0.2) is 5.97 Å². The first kappa shape index (κ1) is 24.8. The lowest BCUT2D eigenvalue weighted by Gasteiger charge is -2.41. The van der Waals surface area contributed by atoms with E-state index in [0.29, 0.717) is 5.92 Å². The minimum Gasteiger partial charge on any atom is -0.426 e. The molecule has 3 aliphatic carbocycles. The van der Waals surface area contributed by atoms with Crippen molar-refractivity contribution in [2.45, 2.75) is 129 Å². The highest BCUT2D eigenvalue weighted by atomic mass is 16.5. The van der Waals surface area contributed by atoms with Gasteiger partial charge in [-0.05, 0) is 99.2 Å². The predicted molar refractivity (Wildman–Crippen MR) is 138 cm³/mol. The van der Waals surface area contributed by atoms with Gasteiger partial charge in [0.2, 0.25) is 0 Å². The Morgan fingerprint density at radius 1 is 0.818 bits per heavy atom. The van der Waals surface area contributed by atoms with E-state index in [1.165, 1.54) is 89.0 Å². The van der Waals surface area contributed by atoms with Crippen molar-refractivity contribution in [3.8, 4) is 5.75 Å². The third-order valence-corrected chi connectivity index (χ3v) is 9.57. The first-order valence-corrected chi connectivity index (χ1v) is 14.5. The van der Waals surface area contributed by atoms with E-state index in [9.17, 15) is 4.79 Å².